The van der Waals surface area contributed by atoms with Gasteiger partial charge in [0.25, 0.3) is 0 Å². The minimum absolute atomic E-state index is 0.0413. The zero-order valence-electron chi connectivity index (χ0n) is 9.71. The Kier molecular flexibility index (Phi) is 3.95. The Morgan fingerprint density at radius 2 is 1.94 bits per heavy atom. The molecule has 1 aliphatic rings. The predicted molar refractivity (Wildman–Crippen MR) is 65.4 cm³/mol. The Labute approximate surface area is 101 Å². The number of para-hydroxylation sites is 1. The van der Waals surface area contributed by atoms with E-state index in [0.29, 0.717) is 26.3 Å². The molecule has 0 radical (unpaired) electrons. The molecule has 17 heavy (non-hydrogen) atoms. The highest BCUT2D eigenvalue weighted by Gasteiger charge is 2.18. The van der Waals surface area contributed by atoms with Crippen molar-refractivity contribution < 1.29 is 9.53 Å². The lowest BCUT2D eigenvalue weighted by molar-refractivity contribution is -0.133. The van der Waals surface area contributed by atoms with Crippen molar-refractivity contribution in [3.8, 4) is 0 Å². The maximum absolute atomic E-state index is 11.9. The number of hydrazine groups is 1. The number of nitrogens with two attached hydrogens (primary N) is 1. The van der Waals surface area contributed by atoms with Gasteiger partial charge in [-0.2, -0.15) is 0 Å². The summed E-state index contributed by atoms with van der Waals surface area (Å²) in [5.41, 5.74) is 0.842. The Morgan fingerprint density at radius 3 is 2.59 bits per heavy atom. The molecule has 1 aliphatic heterocycles. The van der Waals surface area contributed by atoms with Crippen LogP contribution < -0.4 is 10.9 Å². The number of amides is 1. The van der Waals surface area contributed by atoms with Gasteiger partial charge in [0.05, 0.1) is 18.9 Å². The van der Waals surface area contributed by atoms with Crippen LogP contribution in [0.4, 0.5) is 5.69 Å². The summed E-state index contributed by atoms with van der Waals surface area (Å²) in [4.78, 5) is 13.7. The quantitative estimate of drug-likeness (QED) is 0.601. The van der Waals surface area contributed by atoms with E-state index in [1.54, 1.807) is 4.90 Å². The number of hydrogen-bond acceptors (Lipinski definition) is 4. The predicted octanol–water partition coefficient (Wildman–Crippen LogP) is 0.226. The molecule has 5 nitrogen and oxygen atoms in total. The summed E-state index contributed by atoms with van der Waals surface area (Å²) < 4.78 is 5.20. The second-order valence-corrected chi connectivity index (χ2v) is 3.96. The molecule has 1 heterocycles. The lowest BCUT2D eigenvalue weighted by atomic mass is 10.3. The van der Waals surface area contributed by atoms with Crippen molar-refractivity contribution in [2.24, 2.45) is 5.84 Å². The maximum Gasteiger partial charge on any atom is 0.243 e. The topological polar surface area (TPSA) is 58.8 Å². The first-order chi connectivity index (χ1) is 8.27. The Bertz CT molecular complexity index is 363. The molecule has 92 valence electrons. The molecule has 0 aromatic heterocycles. The largest absolute Gasteiger partial charge is 0.378 e. The summed E-state index contributed by atoms with van der Waals surface area (Å²) in [6.07, 6.45) is 0. The molecule has 1 aromatic rings. The van der Waals surface area contributed by atoms with Crippen LogP contribution in [0.15, 0.2) is 30.3 Å². The molecule has 1 saturated heterocycles. The van der Waals surface area contributed by atoms with Crippen LogP contribution in [0, 0.1) is 0 Å². The molecule has 0 unspecified atom stereocenters. The van der Waals surface area contributed by atoms with Crippen LogP contribution in [-0.2, 0) is 9.53 Å². The van der Waals surface area contributed by atoms with E-state index in [9.17, 15) is 4.79 Å². The third kappa shape index (κ3) is 3.18. The van der Waals surface area contributed by atoms with Gasteiger partial charge in [0.15, 0.2) is 0 Å². The second kappa shape index (κ2) is 5.65. The molecule has 0 spiro atoms. The number of carbonyl (C=O) groups is 1. The van der Waals surface area contributed by atoms with Crippen LogP contribution in [0.1, 0.15) is 0 Å². The number of morpholine rings is 1. The fourth-order valence-electron chi connectivity index (χ4n) is 1.77. The van der Waals surface area contributed by atoms with Gasteiger partial charge in [-0.05, 0) is 12.1 Å². The van der Waals surface area contributed by atoms with Gasteiger partial charge in [-0.15, -0.1) is 0 Å². The van der Waals surface area contributed by atoms with E-state index < -0.39 is 0 Å². The summed E-state index contributed by atoms with van der Waals surface area (Å²) in [5.74, 6) is 5.90. The van der Waals surface area contributed by atoms with Crippen molar-refractivity contribution in [2.75, 3.05) is 37.9 Å². The van der Waals surface area contributed by atoms with E-state index in [4.69, 9.17) is 10.6 Å². The van der Waals surface area contributed by atoms with Crippen molar-refractivity contribution in [3.63, 3.8) is 0 Å². The summed E-state index contributed by atoms with van der Waals surface area (Å²) in [7, 11) is 0. The van der Waals surface area contributed by atoms with Crippen molar-refractivity contribution in [1.29, 1.82) is 0 Å². The average molecular weight is 235 g/mol. The molecule has 1 amide bonds. The molecule has 5 heteroatoms. The molecule has 1 fully saturated rings. The molecule has 2 rings (SSSR count). The molecule has 0 atom stereocenters. The van der Waals surface area contributed by atoms with Crippen molar-refractivity contribution in [2.45, 2.75) is 0 Å². The minimum atomic E-state index is 0.0413. The van der Waals surface area contributed by atoms with Crippen LogP contribution >= 0.6 is 0 Å². The first-order valence-corrected chi connectivity index (χ1v) is 5.70. The molecule has 1 aromatic carbocycles. The highest BCUT2D eigenvalue weighted by atomic mass is 16.5. The lowest BCUT2D eigenvalue weighted by Crippen LogP contribution is -2.47. The van der Waals surface area contributed by atoms with E-state index in [1.807, 2.05) is 30.3 Å². The monoisotopic (exact) mass is 235 g/mol. The third-order valence-corrected chi connectivity index (χ3v) is 2.76. The van der Waals surface area contributed by atoms with E-state index >= 15 is 0 Å². The van der Waals surface area contributed by atoms with Crippen LogP contribution in [0.2, 0.25) is 0 Å². The third-order valence-electron chi connectivity index (χ3n) is 2.76. The van der Waals surface area contributed by atoms with E-state index in [2.05, 4.69) is 0 Å². The number of rotatable bonds is 3. The molecular weight excluding hydrogens is 218 g/mol. The van der Waals surface area contributed by atoms with Gasteiger partial charge >= 0.3 is 0 Å². The first-order valence-electron chi connectivity index (χ1n) is 5.70. The second-order valence-electron chi connectivity index (χ2n) is 3.96. The van der Waals surface area contributed by atoms with Gasteiger partial charge in [0.1, 0.15) is 6.54 Å². The number of hydrogen-bond donors (Lipinski definition) is 1. The number of nitrogens with zero attached hydrogens (tertiary/aromatic N) is 2. The van der Waals surface area contributed by atoms with Gasteiger partial charge in [0.2, 0.25) is 5.91 Å². The lowest BCUT2D eigenvalue weighted by Gasteiger charge is -2.29. The summed E-state index contributed by atoms with van der Waals surface area (Å²) in [6, 6.07) is 9.48. The highest BCUT2D eigenvalue weighted by Crippen LogP contribution is 2.09. The average Bonchev–Trinajstić information content (AvgIpc) is 2.40. The molecule has 0 aliphatic carbocycles. The smallest absolute Gasteiger partial charge is 0.243 e. The molecule has 0 bridgehead atoms. The van der Waals surface area contributed by atoms with Crippen LogP contribution in [0.5, 0.6) is 0 Å². The SMILES string of the molecule is NN(CC(=O)N1CCOCC1)c1ccccc1. The molecule has 0 saturated carbocycles. The van der Waals surface area contributed by atoms with Gasteiger partial charge in [0, 0.05) is 13.1 Å². The number of benzene rings is 1. The van der Waals surface area contributed by atoms with Gasteiger partial charge in [-0.25, -0.2) is 5.84 Å². The van der Waals surface area contributed by atoms with E-state index in [1.165, 1.54) is 5.01 Å². The fraction of sp³-hybridized carbons (Fsp3) is 0.417. The Balaban J connectivity index is 1.89. The van der Waals surface area contributed by atoms with Crippen LogP contribution in [0.25, 0.3) is 0 Å². The zero-order valence-corrected chi connectivity index (χ0v) is 9.71. The fourth-order valence-corrected chi connectivity index (χ4v) is 1.77. The molecule has 2 N–H and O–H groups in total. The van der Waals surface area contributed by atoms with E-state index in [-0.39, 0.29) is 12.5 Å². The van der Waals surface area contributed by atoms with Crippen molar-refractivity contribution in [3.05, 3.63) is 30.3 Å². The van der Waals surface area contributed by atoms with Crippen LogP contribution in [0.3, 0.4) is 0 Å². The maximum atomic E-state index is 11.9. The van der Waals surface area contributed by atoms with Crippen molar-refractivity contribution in [1.82, 2.24) is 4.90 Å². The number of ether oxygens (including phenoxy) is 1. The van der Waals surface area contributed by atoms with Crippen LogP contribution in [-0.4, -0.2) is 43.7 Å². The number of anilines is 1. The minimum Gasteiger partial charge on any atom is -0.378 e. The Hall–Kier alpha value is -1.59. The van der Waals surface area contributed by atoms with Gasteiger partial charge in [-0.3, -0.25) is 4.79 Å². The Morgan fingerprint density at radius 1 is 1.29 bits per heavy atom. The zero-order chi connectivity index (χ0) is 12.1. The normalized spacial score (nSPS) is 15.7. The first kappa shape index (κ1) is 11.9. The number of carbonyl (C=O) groups excluding carboxylic acids is 1. The van der Waals surface area contributed by atoms with Gasteiger partial charge < -0.3 is 14.6 Å². The highest BCUT2D eigenvalue weighted by molar-refractivity contribution is 5.81. The van der Waals surface area contributed by atoms with Crippen molar-refractivity contribution >= 4 is 11.6 Å². The summed E-state index contributed by atoms with van der Waals surface area (Å²) in [6.45, 7) is 2.73. The summed E-state index contributed by atoms with van der Waals surface area (Å²) >= 11 is 0. The van der Waals surface area contributed by atoms with E-state index in [0.717, 1.165) is 5.69 Å². The molecular formula is C12H17N3O2. The standard InChI is InChI=1S/C12H17N3O2/c13-15(11-4-2-1-3-5-11)10-12(16)14-6-8-17-9-7-14/h1-5H,6-10,13H2. The summed E-state index contributed by atoms with van der Waals surface area (Å²) in [5, 5.41) is 1.47. The van der Waals surface area contributed by atoms with Gasteiger partial charge in [-0.1, -0.05) is 18.2 Å².